The van der Waals surface area contributed by atoms with Crippen molar-refractivity contribution < 1.29 is 10.2 Å². The fraction of sp³-hybridized carbons (Fsp3) is 0. The summed E-state index contributed by atoms with van der Waals surface area (Å²) in [4.78, 5) is 7.22. The summed E-state index contributed by atoms with van der Waals surface area (Å²) in [6.07, 6.45) is 0. The lowest BCUT2D eigenvalue weighted by molar-refractivity contribution is 0.451. The number of benzene rings is 2. The number of para-hydroxylation sites is 2. The van der Waals surface area contributed by atoms with Crippen LogP contribution in [0, 0.1) is 0 Å². The molecule has 0 bridgehead atoms. The first kappa shape index (κ1) is 11.2. The van der Waals surface area contributed by atoms with E-state index in [4.69, 9.17) is 5.11 Å². The lowest BCUT2D eigenvalue weighted by Gasteiger charge is -1.97. The normalized spacial score (nSPS) is 11.4. The van der Waals surface area contributed by atoms with Crippen molar-refractivity contribution in [3.63, 3.8) is 0 Å². The number of phenolic OH excluding ortho intramolecular Hbond substituents is 2. The number of hydrogen-bond donors (Lipinski definition) is 3. The van der Waals surface area contributed by atoms with E-state index in [1.165, 1.54) is 18.2 Å². The van der Waals surface area contributed by atoms with Crippen molar-refractivity contribution in [3.8, 4) is 11.5 Å². The summed E-state index contributed by atoms with van der Waals surface area (Å²) in [7, 11) is 0. The molecule has 3 aromatic rings. The van der Waals surface area contributed by atoms with Gasteiger partial charge in [-0.1, -0.05) is 12.1 Å². The average Bonchev–Trinajstić information content (AvgIpc) is 2.80. The SMILES string of the molecule is Oc1ccc(N=Nc2nc3ccccc3[nH]2)c(O)c1. The van der Waals surface area contributed by atoms with E-state index in [1.807, 2.05) is 24.3 Å². The Morgan fingerprint density at radius 3 is 2.63 bits per heavy atom. The molecule has 0 aliphatic carbocycles. The lowest BCUT2D eigenvalue weighted by atomic mass is 10.3. The van der Waals surface area contributed by atoms with E-state index in [9.17, 15) is 5.11 Å². The maximum Gasteiger partial charge on any atom is 0.247 e. The topological polar surface area (TPSA) is 93.9 Å². The number of aromatic hydroxyl groups is 2. The maximum atomic E-state index is 9.56. The number of hydrogen-bond acceptors (Lipinski definition) is 5. The molecule has 0 spiro atoms. The summed E-state index contributed by atoms with van der Waals surface area (Å²) < 4.78 is 0. The van der Waals surface area contributed by atoms with Gasteiger partial charge in [-0.15, -0.1) is 10.2 Å². The van der Waals surface area contributed by atoms with Crippen molar-refractivity contribution in [2.75, 3.05) is 0 Å². The van der Waals surface area contributed by atoms with Gasteiger partial charge in [-0.2, -0.15) is 0 Å². The summed E-state index contributed by atoms with van der Waals surface area (Å²) >= 11 is 0. The molecule has 19 heavy (non-hydrogen) atoms. The fourth-order valence-electron chi connectivity index (χ4n) is 1.68. The standard InChI is InChI=1S/C13H10N4O2/c18-8-5-6-11(12(19)7-8)16-17-13-14-9-3-1-2-4-10(9)15-13/h1-7,18-19H,(H,14,15). The lowest BCUT2D eigenvalue weighted by Crippen LogP contribution is -1.69. The van der Waals surface area contributed by atoms with Crippen LogP contribution in [0.25, 0.3) is 11.0 Å². The van der Waals surface area contributed by atoms with Crippen molar-refractivity contribution in [1.29, 1.82) is 0 Å². The minimum atomic E-state index is -0.139. The molecule has 94 valence electrons. The van der Waals surface area contributed by atoms with Crippen LogP contribution in [0.4, 0.5) is 11.6 Å². The molecule has 0 fully saturated rings. The van der Waals surface area contributed by atoms with Crippen LogP contribution < -0.4 is 0 Å². The third-order valence-corrected chi connectivity index (χ3v) is 2.59. The molecule has 3 N–H and O–H groups in total. The molecule has 3 rings (SSSR count). The maximum absolute atomic E-state index is 9.56. The zero-order valence-corrected chi connectivity index (χ0v) is 9.78. The van der Waals surface area contributed by atoms with Crippen LogP contribution in [0.2, 0.25) is 0 Å². The number of azo groups is 1. The van der Waals surface area contributed by atoms with Gasteiger partial charge in [0.05, 0.1) is 11.0 Å². The van der Waals surface area contributed by atoms with Gasteiger partial charge in [0.2, 0.25) is 5.95 Å². The van der Waals surface area contributed by atoms with Crippen molar-refractivity contribution in [1.82, 2.24) is 9.97 Å². The van der Waals surface area contributed by atoms with Crippen LogP contribution in [0.5, 0.6) is 11.5 Å². The number of nitrogens with zero attached hydrogens (tertiary/aromatic N) is 3. The van der Waals surface area contributed by atoms with Gasteiger partial charge >= 0.3 is 0 Å². The number of imidazole rings is 1. The quantitative estimate of drug-likeness (QED) is 0.612. The van der Waals surface area contributed by atoms with Gasteiger partial charge in [-0.25, -0.2) is 4.98 Å². The highest BCUT2D eigenvalue weighted by Crippen LogP contribution is 2.30. The first-order valence-corrected chi connectivity index (χ1v) is 5.61. The monoisotopic (exact) mass is 254 g/mol. The van der Waals surface area contributed by atoms with Gasteiger partial charge < -0.3 is 15.2 Å². The minimum absolute atomic E-state index is 0.0276. The summed E-state index contributed by atoms with van der Waals surface area (Å²) in [5, 5.41) is 26.5. The largest absolute Gasteiger partial charge is 0.508 e. The summed E-state index contributed by atoms with van der Waals surface area (Å²) in [6.45, 7) is 0. The van der Waals surface area contributed by atoms with Gasteiger partial charge in [-0.05, 0) is 24.3 Å². The van der Waals surface area contributed by atoms with E-state index in [0.717, 1.165) is 11.0 Å². The molecule has 0 unspecified atom stereocenters. The van der Waals surface area contributed by atoms with Crippen LogP contribution in [-0.2, 0) is 0 Å². The molecule has 0 amide bonds. The predicted octanol–water partition coefficient (Wildman–Crippen LogP) is 3.39. The second-order valence-electron chi connectivity index (χ2n) is 3.95. The van der Waals surface area contributed by atoms with Crippen molar-refractivity contribution in [3.05, 3.63) is 42.5 Å². The van der Waals surface area contributed by atoms with E-state index in [-0.39, 0.29) is 17.2 Å². The van der Waals surface area contributed by atoms with Gasteiger partial charge in [0.25, 0.3) is 0 Å². The van der Waals surface area contributed by atoms with Crippen LogP contribution >= 0.6 is 0 Å². The Kier molecular flexibility index (Phi) is 2.60. The number of phenols is 2. The van der Waals surface area contributed by atoms with E-state index in [1.54, 1.807) is 0 Å². The smallest absolute Gasteiger partial charge is 0.247 e. The molecule has 0 aliphatic rings. The Balaban J connectivity index is 1.93. The van der Waals surface area contributed by atoms with Crippen molar-refractivity contribution in [2.24, 2.45) is 10.2 Å². The fourth-order valence-corrected chi connectivity index (χ4v) is 1.68. The van der Waals surface area contributed by atoms with Crippen molar-refractivity contribution in [2.45, 2.75) is 0 Å². The van der Waals surface area contributed by atoms with E-state index in [2.05, 4.69) is 20.2 Å². The molecule has 1 heterocycles. The van der Waals surface area contributed by atoms with E-state index < -0.39 is 0 Å². The third kappa shape index (κ3) is 2.23. The Morgan fingerprint density at radius 2 is 1.84 bits per heavy atom. The molecule has 0 saturated heterocycles. The first-order chi connectivity index (χ1) is 9.22. The molecule has 0 radical (unpaired) electrons. The van der Waals surface area contributed by atoms with Gasteiger partial charge in [0.1, 0.15) is 17.2 Å². The number of rotatable bonds is 2. The first-order valence-electron chi connectivity index (χ1n) is 5.61. The second-order valence-corrected chi connectivity index (χ2v) is 3.95. The molecule has 0 atom stereocenters. The molecule has 6 heteroatoms. The Hall–Kier alpha value is -2.89. The Labute approximate surface area is 108 Å². The number of nitrogens with one attached hydrogen (secondary N) is 1. The molecule has 6 nitrogen and oxygen atoms in total. The highest BCUT2D eigenvalue weighted by atomic mass is 16.3. The van der Waals surface area contributed by atoms with Crippen LogP contribution in [0.15, 0.2) is 52.7 Å². The third-order valence-electron chi connectivity index (χ3n) is 2.59. The molecular formula is C13H10N4O2. The zero-order chi connectivity index (χ0) is 13.2. The Morgan fingerprint density at radius 1 is 1.00 bits per heavy atom. The summed E-state index contributed by atoms with van der Waals surface area (Å²) in [5.74, 6) is 0.189. The van der Waals surface area contributed by atoms with Crippen molar-refractivity contribution >= 4 is 22.7 Å². The summed E-state index contributed by atoms with van der Waals surface area (Å²) in [6, 6.07) is 11.6. The minimum Gasteiger partial charge on any atom is -0.508 e. The average molecular weight is 254 g/mol. The van der Waals surface area contributed by atoms with E-state index >= 15 is 0 Å². The molecular weight excluding hydrogens is 244 g/mol. The van der Waals surface area contributed by atoms with Crippen LogP contribution in [0.1, 0.15) is 0 Å². The predicted molar refractivity (Wildman–Crippen MR) is 70.0 cm³/mol. The molecule has 2 aromatic carbocycles. The number of aromatic nitrogens is 2. The molecule has 1 aromatic heterocycles. The second kappa shape index (κ2) is 4.41. The number of H-pyrrole nitrogens is 1. The van der Waals surface area contributed by atoms with Crippen LogP contribution in [0.3, 0.4) is 0 Å². The summed E-state index contributed by atoms with van der Waals surface area (Å²) in [5.41, 5.74) is 1.93. The van der Waals surface area contributed by atoms with Gasteiger partial charge in [0.15, 0.2) is 0 Å². The van der Waals surface area contributed by atoms with Gasteiger partial charge in [-0.3, -0.25) is 0 Å². The molecule has 0 saturated carbocycles. The highest BCUT2D eigenvalue weighted by Gasteiger charge is 2.03. The number of aromatic amines is 1. The molecule has 0 aliphatic heterocycles. The number of fused-ring (bicyclic) bond motifs is 1. The van der Waals surface area contributed by atoms with E-state index in [0.29, 0.717) is 5.95 Å². The van der Waals surface area contributed by atoms with Gasteiger partial charge in [0, 0.05) is 6.07 Å². The highest BCUT2D eigenvalue weighted by molar-refractivity contribution is 5.76. The van der Waals surface area contributed by atoms with Crippen LogP contribution in [-0.4, -0.2) is 20.2 Å². The zero-order valence-electron chi connectivity index (χ0n) is 9.78. The Bertz CT molecular complexity index is 731.